The summed E-state index contributed by atoms with van der Waals surface area (Å²) in [6.45, 7) is 0.257. The molecule has 0 unspecified atom stereocenters. The highest BCUT2D eigenvalue weighted by Crippen LogP contribution is 2.29. The van der Waals surface area contributed by atoms with Gasteiger partial charge in [-0.25, -0.2) is 0 Å². The first-order chi connectivity index (χ1) is 13.6. The van der Waals surface area contributed by atoms with Gasteiger partial charge in [-0.1, -0.05) is 29.8 Å². The maximum absolute atomic E-state index is 13.0. The van der Waals surface area contributed by atoms with Gasteiger partial charge in [0.2, 0.25) is 0 Å². The fraction of sp³-hybridized carbons (Fsp3) is 0.0455. The summed E-state index contributed by atoms with van der Waals surface area (Å²) in [6, 6.07) is 18.3. The van der Waals surface area contributed by atoms with E-state index >= 15 is 0 Å². The van der Waals surface area contributed by atoms with Crippen LogP contribution in [0.4, 0.5) is 0 Å². The average molecular weight is 390 g/mol. The molecule has 1 aromatic carbocycles. The van der Waals surface area contributed by atoms with Crippen molar-refractivity contribution >= 4 is 28.8 Å². The minimum Gasteiger partial charge on any atom is -0.345 e. The molecule has 0 atom stereocenters. The number of nitrogens with zero attached hydrogens (tertiary/aromatic N) is 2. The van der Waals surface area contributed by atoms with E-state index in [0.29, 0.717) is 16.3 Å². The number of Topliss-reactive ketones (excluding diaryl/α,β-unsaturated/α-hetero) is 1. The molecular weight excluding hydrogens is 374 g/mol. The summed E-state index contributed by atoms with van der Waals surface area (Å²) < 4.78 is 1.73. The first kappa shape index (κ1) is 17.9. The monoisotopic (exact) mass is 389 g/mol. The normalized spacial score (nSPS) is 10.8. The standard InChI is InChI=1S/C22H16ClN3O2/c23-17-6-4-16(5-7-17)19-13-18-3-1-2-12-26(18)20(19)21(27)22(28)25-14-15-8-10-24-11-9-15/h1-13H,14H2,(H,25,28). The van der Waals surface area contributed by atoms with Gasteiger partial charge in [-0.05, 0) is 53.6 Å². The molecule has 0 saturated carbocycles. The number of nitrogens with one attached hydrogen (secondary N) is 1. The van der Waals surface area contributed by atoms with Gasteiger partial charge in [0.25, 0.3) is 11.7 Å². The van der Waals surface area contributed by atoms with E-state index < -0.39 is 11.7 Å². The van der Waals surface area contributed by atoms with Gasteiger partial charge in [-0.2, -0.15) is 0 Å². The van der Waals surface area contributed by atoms with Gasteiger partial charge in [0.05, 0.1) is 0 Å². The van der Waals surface area contributed by atoms with Crippen molar-refractivity contribution < 1.29 is 9.59 Å². The maximum atomic E-state index is 13.0. The molecule has 138 valence electrons. The molecule has 0 aliphatic heterocycles. The van der Waals surface area contributed by atoms with Crippen molar-refractivity contribution in [1.82, 2.24) is 14.7 Å². The summed E-state index contributed by atoms with van der Waals surface area (Å²) in [4.78, 5) is 29.6. The summed E-state index contributed by atoms with van der Waals surface area (Å²) in [5.41, 5.74) is 3.53. The molecule has 5 nitrogen and oxygen atoms in total. The number of ketones is 1. The molecule has 1 amide bonds. The Morgan fingerprint density at radius 1 is 1.00 bits per heavy atom. The molecule has 6 heteroatoms. The number of benzene rings is 1. The second-order valence-corrected chi connectivity index (χ2v) is 6.71. The molecule has 4 aromatic rings. The molecule has 3 aromatic heterocycles. The number of pyridine rings is 2. The van der Waals surface area contributed by atoms with E-state index in [2.05, 4.69) is 10.3 Å². The molecule has 0 aliphatic rings. The molecule has 28 heavy (non-hydrogen) atoms. The molecule has 0 radical (unpaired) electrons. The van der Waals surface area contributed by atoms with Gasteiger partial charge in [0.15, 0.2) is 0 Å². The number of fused-ring (bicyclic) bond motifs is 1. The van der Waals surface area contributed by atoms with Crippen LogP contribution in [-0.4, -0.2) is 21.1 Å². The van der Waals surface area contributed by atoms with Crippen LogP contribution < -0.4 is 5.32 Å². The molecule has 1 N–H and O–H groups in total. The first-order valence-corrected chi connectivity index (χ1v) is 9.09. The quantitative estimate of drug-likeness (QED) is 0.412. The van der Waals surface area contributed by atoms with Crippen LogP contribution in [0.15, 0.2) is 79.3 Å². The fourth-order valence-electron chi connectivity index (χ4n) is 3.08. The summed E-state index contributed by atoms with van der Waals surface area (Å²) in [5.74, 6) is -1.25. The van der Waals surface area contributed by atoms with Gasteiger partial charge in [-0.3, -0.25) is 14.6 Å². The number of carbonyl (C=O) groups excluding carboxylic acids is 2. The van der Waals surface area contributed by atoms with Crippen LogP contribution in [-0.2, 0) is 11.3 Å². The zero-order valence-corrected chi connectivity index (χ0v) is 15.6. The topological polar surface area (TPSA) is 63.5 Å². The van der Waals surface area contributed by atoms with Gasteiger partial charge in [0.1, 0.15) is 5.69 Å². The van der Waals surface area contributed by atoms with Crippen molar-refractivity contribution in [3.8, 4) is 11.1 Å². The van der Waals surface area contributed by atoms with Gasteiger partial charge < -0.3 is 9.72 Å². The summed E-state index contributed by atoms with van der Waals surface area (Å²) in [7, 11) is 0. The molecular formula is C22H16ClN3O2. The number of hydrogen-bond acceptors (Lipinski definition) is 3. The molecule has 3 heterocycles. The summed E-state index contributed by atoms with van der Waals surface area (Å²) >= 11 is 5.99. The first-order valence-electron chi connectivity index (χ1n) is 8.71. The van der Waals surface area contributed by atoms with E-state index in [1.165, 1.54) is 0 Å². The zero-order valence-electron chi connectivity index (χ0n) is 14.8. The van der Waals surface area contributed by atoms with Crippen LogP contribution in [0, 0.1) is 0 Å². The van der Waals surface area contributed by atoms with E-state index in [1.54, 1.807) is 47.3 Å². The maximum Gasteiger partial charge on any atom is 0.294 e. The van der Waals surface area contributed by atoms with Crippen molar-refractivity contribution in [3.05, 3.63) is 95.5 Å². The lowest BCUT2D eigenvalue weighted by atomic mass is 10.0. The third kappa shape index (κ3) is 3.52. The highest BCUT2D eigenvalue weighted by molar-refractivity contribution is 6.43. The van der Waals surface area contributed by atoms with Crippen LogP contribution in [0.1, 0.15) is 16.1 Å². The molecule has 0 spiro atoms. The highest BCUT2D eigenvalue weighted by Gasteiger charge is 2.24. The lowest BCUT2D eigenvalue weighted by Gasteiger charge is -2.08. The van der Waals surface area contributed by atoms with Gasteiger partial charge in [0, 0.05) is 41.2 Å². The lowest BCUT2D eigenvalue weighted by Crippen LogP contribution is -2.31. The predicted molar refractivity (Wildman–Crippen MR) is 108 cm³/mol. The predicted octanol–water partition coefficient (Wildman–Crippen LogP) is 4.15. The van der Waals surface area contributed by atoms with Crippen molar-refractivity contribution in [1.29, 1.82) is 0 Å². The SMILES string of the molecule is O=C(NCc1ccncc1)C(=O)c1c(-c2ccc(Cl)cc2)cc2ccccn12. The zero-order chi connectivity index (χ0) is 19.5. The number of hydrogen-bond donors (Lipinski definition) is 1. The Balaban J connectivity index is 1.70. The van der Waals surface area contributed by atoms with E-state index in [-0.39, 0.29) is 6.54 Å². The second kappa shape index (κ2) is 7.66. The molecule has 0 saturated heterocycles. The molecule has 0 bridgehead atoms. The number of carbonyl (C=O) groups is 2. The van der Waals surface area contributed by atoms with Crippen LogP contribution in [0.25, 0.3) is 16.6 Å². The Morgan fingerprint density at radius 2 is 1.75 bits per heavy atom. The van der Waals surface area contributed by atoms with Crippen molar-refractivity contribution in [2.75, 3.05) is 0 Å². The number of aromatic nitrogens is 2. The number of halogens is 1. The van der Waals surface area contributed by atoms with Crippen LogP contribution in [0.3, 0.4) is 0 Å². The molecule has 4 rings (SSSR count). The summed E-state index contributed by atoms with van der Waals surface area (Å²) in [6.07, 6.45) is 5.06. The minimum absolute atomic E-state index is 0.257. The number of rotatable bonds is 5. The Bertz CT molecular complexity index is 1150. The van der Waals surface area contributed by atoms with Crippen molar-refractivity contribution in [3.63, 3.8) is 0 Å². The Morgan fingerprint density at radius 3 is 2.50 bits per heavy atom. The Hall–Kier alpha value is -3.44. The average Bonchev–Trinajstić information content (AvgIpc) is 3.12. The van der Waals surface area contributed by atoms with E-state index in [4.69, 9.17) is 11.6 Å². The van der Waals surface area contributed by atoms with E-state index in [0.717, 1.165) is 16.6 Å². The molecule has 0 fully saturated rings. The molecule has 0 aliphatic carbocycles. The number of amides is 1. The van der Waals surface area contributed by atoms with Crippen LogP contribution >= 0.6 is 11.6 Å². The highest BCUT2D eigenvalue weighted by atomic mass is 35.5. The Kier molecular flexibility index (Phi) is 4.91. The van der Waals surface area contributed by atoms with Crippen LogP contribution in [0.5, 0.6) is 0 Å². The largest absolute Gasteiger partial charge is 0.345 e. The van der Waals surface area contributed by atoms with Crippen LogP contribution in [0.2, 0.25) is 5.02 Å². The lowest BCUT2D eigenvalue weighted by molar-refractivity contribution is -0.117. The minimum atomic E-state index is -0.657. The fourth-order valence-corrected chi connectivity index (χ4v) is 3.20. The smallest absolute Gasteiger partial charge is 0.294 e. The van der Waals surface area contributed by atoms with Gasteiger partial charge >= 0.3 is 0 Å². The second-order valence-electron chi connectivity index (χ2n) is 6.28. The van der Waals surface area contributed by atoms with Gasteiger partial charge in [-0.15, -0.1) is 0 Å². The van der Waals surface area contributed by atoms with Crippen molar-refractivity contribution in [2.24, 2.45) is 0 Å². The van der Waals surface area contributed by atoms with Crippen molar-refractivity contribution in [2.45, 2.75) is 6.54 Å². The Labute approximate surface area is 166 Å². The third-order valence-electron chi connectivity index (χ3n) is 4.46. The third-order valence-corrected chi connectivity index (χ3v) is 4.71. The summed E-state index contributed by atoms with van der Waals surface area (Å²) in [5, 5.41) is 3.30. The van der Waals surface area contributed by atoms with E-state index in [1.807, 2.05) is 36.4 Å². The van der Waals surface area contributed by atoms with E-state index in [9.17, 15) is 9.59 Å².